The molecule has 1 amide bonds. The normalized spacial score (nSPS) is 12.0. The van der Waals surface area contributed by atoms with E-state index in [0.717, 1.165) is 22.4 Å². The summed E-state index contributed by atoms with van der Waals surface area (Å²) in [6.45, 7) is 5.86. The van der Waals surface area contributed by atoms with Crippen LogP contribution in [0.25, 0.3) is 0 Å². The van der Waals surface area contributed by atoms with Gasteiger partial charge in [-0.15, -0.1) is 11.8 Å². The molecule has 2 nitrogen and oxygen atoms in total. The van der Waals surface area contributed by atoms with E-state index in [2.05, 4.69) is 5.32 Å². The highest BCUT2D eigenvalue weighted by Crippen LogP contribution is 2.21. The lowest BCUT2D eigenvalue weighted by atomic mass is 10.1. The molecule has 0 heterocycles. The van der Waals surface area contributed by atoms with Crippen LogP contribution in [0.4, 0.5) is 10.1 Å². The highest BCUT2D eigenvalue weighted by molar-refractivity contribution is 7.99. The zero-order chi connectivity index (χ0) is 16.1. The molecule has 0 aliphatic rings. The van der Waals surface area contributed by atoms with E-state index in [4.69, 9.17) is 0 Å². The molecule has 2 aromatic rings. The summed E-state index contributed by atoms with van der Waals surface area (Å²) in [5, 5.41) is 2.80. The minimum Gasteiger partial charge on any atom is -0.325 e. The average Bonchev–Trinajstić information content (AvgIpc) is 2.50. The summed E-state index contributed by atoms with van der Waals surface area (Å²) in [6.07, 6.45) is 0. The Balaban J connectivity index is 1.91. The zero-order valence-corrected chi connectivity index (χ0v) is 13.8. The molecular formula is C18H20FNOS. The van der Waals surface area contributed by atoms with Gasteiger partial charge in [-0.2, -0.15) is 0 Å². The number of amides is 1. The number of hydrogen-bond donors (Lipinski definition) is 1. The number of benzene rings is 2. The molecule has 2 aromatic carbocycles. The van der Waals surface area contributed by atoms with Gasteiger partial charge in [0.15, 0.2) is 0 Å². The van der Waals surface area contributed by atoms with Crippen LogP contribution in [-0.2, 0) is 10.5 Å². The average molecular weight is 317 g/mol. The van der Waals surface area contributed by atoms with Gasteiger partial charge in [0.2, 0.25) is 5.91 Å². The van der Waals surface area contributed by atoms with Gasteiger partial charge < -0.3 is 5.32 Å². The second-order valence-corrected chi connectivity index (χ2v) is 6.72. The number of thioether (sulfide) groups is 1. The van der Waals surface area contributed by atoms with Crippen molar-refractivity contribution < 1.29 is 9.18 Å². The van der Waals surface area contributed by atoms with Crippen molar-refractivity contribution in [2.75, 3.05) is 5.32 Å². The number of rotatable bonds is 5. The van der Waals surface area contributed by atoms with Crippen LogP contribution < -0.4 is 5.32 Å². The molecule has 0 aliphatic heterocycles. The first-order valence-electron chi connectivity index (χ1n) is 7.20. The standard InChI is InChI=1S/C18H20FNOS/c1-12-4-5-13(2)17(10-12)20-18(21)14(3)22-11-15-6-8-16(19)9-7-15/h4-10,14H,11H2,1-3H3,(H,20,21). The van der Waals surface area contributed by atoms with Crippen LogP contribution in [0.5, 0.6) is 0 Å². The van der Waals surface area contributed by atoms with Crippen molar-refractivity contribution in [2.45, 2.75) is 31.8 Å². The summed E-state index contributed by atoms with van der Waals surface area (Å²) in [6, 6.07) is 12.4. The summed E-state index contributed by atoms with van der Waals surface area (Å²) < 4.78 is 12.9. The molecule has 0 spiro atoms. The van der Waals surface area contributed by atoms with E-state index >= 15 is 0 Å². The van der Waals surface area contributed by atoms with Crippen molar-refractivity contribution in [3.63, 3.8) is 0 Å². The largest absolute Gasteiger partial charge is 0.325 e. The maximum absolute atomic E-state index is 12.9. The Labute approximate surface area is 135 Å². The SMILES string of the molecule is Cc1ccc(C)c(NC(=O)C(C)SCc2ccc(F)cc2)c1. The van der Waals surface area contributed by atoms with Gasteiger partial charge in [0, 0.05) is 11.4 Å². The van der Waals surface area contributed by atoms with Crippen molar-refractivity contribution in [1.82, 2.24) is 0 Å². The van der Waals surface area contributed by atoms with E-state index in [1.54, 1.807) is 12.1 Å². The van der Waals surface area contributed by atoms with Crippen molar-refractivity contribution in [3.8, 4) is 0 Å². The lowest BCUT2D eigenvalue weighted by Crippen LogP contribution is -2.23. The predicted octanol–water partition coefficient (Wildman–Crippen LogP) is 4.70. The Hall–Kier alpha value is -1.81. The topological polar surface area (TPSA) is 29.1 Å². The summed E-state index contributed by atoms with van der Waals surface area (Å²) in [7, 11) is 0. The predicted molar refractivity (Wildman–Crippen MR) is 91.7 cm³/mol. The molecule has 1 atom stereocenters. The van der Waals surface area contributed by atoms with Gasteiger partial charge in [-0.25, -0.2) is 4.39 Å². The Kier molecular flexibility index (Phi) is 5.61. The molecule has 22 heavy (non-hydrogen) atoms. The minimum atomic E-state index is -0.241. The molecule has 116 valence electrons. The lowest BCUT2D eigenvalue weighted by Gasteiger charge is -2.14. The van der Waals surface area contributed by atoms with Gasteiger partial charge >= 0.3 is 0 Å². The number of nitrogens with one attached hydrogen (secondary N) is 1. The van der Waals surface area contributed by atoms with E-state index in [9.17, 15) is 9.18 Å². The first-order chi connectivity index (χ1) is 10.5. The van der Waals surface area contributed by atoms with Gasteiger partial charge in [-0.3, -0.25) is 4.79 Å². The van der Waals surface area contributed by atoms with Crippen LogP contribution >= 0.6 is 11.8 Å². The summed E-state index contributed by atoms with van der Waals surface area (Å²) in [5.41, 5.74) is 4.04. The first-order valence-corrected chi connectivity index (χ1v) is 8.25. The van der Waals surface area contributed by atoms with E-state index in [1.165, 1.54) is 23.9 Å². The summed E-state index contributed by atoms with van der Waals surface area (Å²) in [5.74, 6) is 0.428. The third-order valence-electron chi connectivity index (χ3n) is 3.43. The number of carbonyl (C=O) groups excluding carboxylic acids is 1. The molecule has 4 heteroatoms. The molecule has 0 aliphatic carbocycles. The fourth-order valence-electron chi connectivity index (χ4n) is 1.98. The second kappa shape index (κ2) is 7.45. The Morgan fingerprint density at radius 3 is 2.55 bits per heavy atom. The number of hydrogen-bond acceptors (Lipinski definition) is 2. The van der Waals surface area contributed by atoms with Crippen LogP contribution in [-0.4, -0.2) is 11.2 Å². The van der Waals surface area contributed by atoms with E-state index in [1.807, 2.05) is 39.0 Å². The quantitative estimate of drug-likeness (QED) is 0.866. The fourth-order valence-corrected chi connectivity index (χ4v) is 2.83. The maximum atomic E-state index is 12.9. The van der Waals surface area contributed by atoms with Crippen LogP contribution in [0.15, 0.2) is 42.5 Å². The molecule has 1 N–H and O–H groups in total. The molecule has 1 unspecified atom stereocenters. The molecule has 0 saturated heterocycles. The van der Waals surface area contributed by atoms with Gasteiger partial charge in [0.25, 0.3) is 0 Å². The fraction of sp³-hybridized carbons (Fsp3) is 0.278. The summed E-state index contributed by atoms with van der Waals surface area (Å²) >= 11 is 1.54. The van der Waals surface area contributed by atoms with Gasteiger partial charge in [-0.1, -0.05) is 24.3 Å². The first kappa shape index (κ1) is 16.6. The summed E-state index contributed by atoms with van der Waals surface area (Å²) in [4.78, 5) is 12.3. The van der Waals surface area contributed by atoms with Crippen molar-refractivity contribution >= 4 is 23.4 Å². The monoisotopic (exact) mass is 317 g/mol. The number of aryl methyl sites for hydroxylation is 2. The number of anilines is 1. The lowest BCUT2D eigenvalue weighted by molar-refractivity contribution is -0.115. The van der Waals surface area contributed by atoms with Crippen LogP contribution in [0.1, 0.15) is 23.6 Å². The number of halogens is 1. The van der Waals surface area contributed by atoms with Crippen LogP contribution in [0.3, 0.4) is 0 Å². The molecular weight excluding hydrogens is 297 g/mol. The van der Waals surface area contributed by atoms with Gasteiger partial charge in [0.05, 0.1) is 5.25 Å². The zero-order valence-electron chi connectivity index (χ0n) is 13.0. The second-order valence-electron chi connectivity index (χ2n) is 5.39. The number of carbonyl (C=O) groups is 1. The minimum absolute atomic E-state index is 0.0131. The van der Waals surface area contributed by atoms with Crippen molar-refractivity contribution in [2.24, 2.45) is 0 Å². The molecule has 0 bridgehead atoms. The van der Waals surface area contributed by atoms with Crippen LogP contribution in [0.2, 0.25) is 0 Å². The molecule has 0 fully saturated rings. The highest BCUT2D eigenvalue weighted by atomic mass is 32.2. The van der Waals surface area contributed by atoms with Gasteiger partial charge in [0.1, 0.15) is 5.82 Å². The third kappa shape index (κ3) is 4.60. The Morgan fingerprint density at radius 2 is 1.86 bits per heavy atom. The molecule has 0 saturated carbocycles. The highest BCUT2D eigenvalue weighted by Gasteiger charge is 2.14. The van der Waals surface area contributed by atoms with E-state index in [-0.39, 0.29) is 17.0 Å². The van der Waals surface area contributed by atoms with Crippen molar-refractivity contribution in [1.29, 1.82) is 0 Å². The smallest absolute Gasteiger partial charge is 0.237 e. The Morgan fingerprint density at radius 1 is 1.18 bits per heavy atom. The molecule has 2 rings (SSSR count). The van der Waals surface area contributed by atoms with Crippen LogP contribution in [0, 0.1) is 19.7 Å². The van der Waals surface area contributed by atoms with E-state index in [0.29, 0.717) is 5.75 Å². The van der Waals surface area contributed by atoms with Gasteiger partial charge in [-0.05, 0) is 55.7 Å². The molecule has 0 radical (unpaired) electrons. The Bertz CT molecular complexity index is 655. The van der Waals surface area contributed by atoms with Crippen molar-refractivity contribution in [3.05, 3.63) is 65.0 Å². The molecule has 0 aromatic heterocycles. The maximum Gasteiger partial charge on any atom is 0.237 e. The third-order valence-corrected chi connectivity index (χ3v) is 4.65. The van der Waals surface area contributed by atoms with E-state index < -0.39 is 0 Å².